The highest BCUT2D eigenvalue weighted by Crippen LogP contribution is 2.44. The number of aliphatic imine (C=N–C) groups is 1. The van der Waals surface area contributed by atoms with Crippen molar-refractivity contribution in [3.63, 3.8) is 0 Å². The lowest BCUT2D eigenvalue weighted by atomic mass is 9.81. The largest absolute Gasteiger partial charge is 0.456 e. The Kier molecular flexibility index (Phi) is 7.86. The van der Waals surface area contributed by atoms with Gasteiger partial charge in [-0.1, -0.05) is 97.1 Å². The van der Waals surface area contributed by atoms with Crippen molar-refractivity contribution in [1.29, 1.82) is 0 Å². The summed E-state index contributed by atoms with van der Waals surface area (Å²) in [7, 11) is 0. The minimum absolute atomic E-state index is 0.0982. The number of aryl methyl sites for hydroxylation is 2. The number of furan rings is 1. The van der Waals surface area contributed by atoms with E-state index in [-0.39, 0.29) is 18.2 Å². The summed E-state index contributed by atoms with van der Waals surface area (Å²) in [6, 6.07) is 28.0. The standard InChI is InChI=1S/C46H41N3O2S/c1-27-13-5-6-16-29(27)30-18-9-19-31(41(30)50)32-20-10-21-33-34-22-11-24-37(43(34)52-42(32)33)46-48-44(28-14-3-2-4-15-28)47-45(49-46)36-23-12-26-39-40(36)35-17-7-8-25-38(35)51-39/h5-6,8-14,16,18-26,30,41,44-45,47,50H,2-4,7,15,17H2,1H3,(H,48,49). The number of amidine groups is 1. The molecule has 6 heteroatoms. The minimum atomic E-state index is -0.644. The van der Waals surface area contributed by atoms with E-state index in [0.717, 1.165) is 65.1 Å². The van der Waals surface area contributed by atoms with Crippen molar-refractivity contribution < 1.29 is 9.52 Å². The molecule has 2 aromatic heterocycles. The molecule has 0 amide bonds. The molecule has 0 spiro atoms. The molecule has 3 aliphatic carbocycles. The van der Waals surface area contributed by atoms with Gasteiger partial charge in [0.2, 0.25) is 0 Å². The van der Waals surface area contributed by atoms with E-state index in [1.165, 1.54) is 60.7 Å². The third-order valence-electron chi connectivity index (χ3n) is 11.5. The SMILES string of the molecule is Cc1ccccc1C1C=CC=C(c2cccc3c2sc2c(C4=NC(C5=CCCCC5)NC(c5cccc6oc7c(c56)CCC=C7)N4)cccc23)C1O. The first-order valence-electron chi connectivity index (χ1n) is 18.7. The highest BCUT2D eigenvalue weighted by molar-refractivity contribution is 7.26. The van der Waals surface area contributed by atoms with E-state index in [0.29, 0.717) is 0 Å². The van der Waals surface area contributed by atoms with E-state index < -0.39 is 6.10 Å². The van der Waals surface area contributed by atoms with Gasteiger partial charge in [0.1, 0.15) is 29.5 Å². The van der Waals surface area contributed by atoms with E-state index in [9.17, 15) is 5.11 Å². The third-order valence-corrected chi connectivity index (χ3v) is 12.7. The van der Waals surface area contributed by atoms with Crippen LogP contribution in [0, 0.1) is 6.92 Å². The van der Waals surface area contributed by atoms with E-state index in [2.05, 4.69) is 133 Å². The summed E-state index contributed by atoms with van der Waals surface area (Å²) >= 11 is 1.81. The zero-order valence-corrected chi connectivity index (χ0v) is 30.0. The summed E-state index contributed by atoms with van der Waals surface area (Å²) in [5.74, 6) is 1.79. The number of aliphatic hydroxyl groups is 1. The van der Waals surface area contributed by atoms with Crippen LogP contribution in [0.15, 0.2) is 124 Å². The Bertz CT molecular complexity index is 2550. The van der Waals surface area contributed by atoms with Gasteiger partial charge >= 0.3 is 0 Å². The van der Waals surface area contributed by atoms with Gasteiger partial charge in [0.15, 0.2) is 0 Å². The molecule has 6 aromatic rings. The molecule has 1 aliphatic heterocycles. The van der Waals surface area contributed by atoms with Crippen molar-refractivity contribution in [1.82, 2.24) is 10.6 Å². The lowest BCUT2D eigenvalue weighted by Crippen LogP contribution is -2.49. The van der Waals surface area contributed by atoms with Crippen LogP contribution in [0.4, 0.5) is 0 Å². The van der Waals surface area contributed by atoms with Crippen LogP contribution in [-0.2, 0) is 6.42 Å². The second-order valence-electron chi connectivity index (χ2n) is 14.6. The number of fused-ring (bicyclic) bond motifs is 6. The van der Waals surface area contributed by atoms with E-state index in [1.807, 2.05) is 0 Å². The smallest absolute Gasteiger partial charge is 0.135 e. The van der Waals surface area contributed by atoms with Crippen LogP contribution in [0.2, 0.25) is 0 Å². The fourth-order valence-electron chi connectivity index (χ4n) is 8.85. The highest BCUT2D eigenvalue weighted by Gasteiger charge is 2.32. The summed E-state index contributed by atoms with van der Waals surface area (Å²) in [6.45, 7) is 2.13. The Morgan fingerprint density at radius 1 is 0.846 bits per heavy atom. The van der Waals surface area contributed by atoms with Crippen LogP contribution >= 0.6 is 11.3 Å². The molecule has 0 bridgehead atoms. The average Bonchev–Trinajstić information content (AvgIpc) is 3.77. The molecule has 4 aromatic carbocycles. The maximum absolute atomic E-state index is 11.9. The number of thiophene rings is 1. The second-order valence-corrected chi connectivity index (χ2v) is 15.6. The first kappa shape index (κ1) is 31.7. The molecule has 3 heterocycles. The number of aliphatic hydroxyl groups excluding tert-OH is 1. The summed E-state index contributed by atoms with van der Waals surface area (Å²) in [5, 5.41) is 23.3. The topological polar surface area (TPSA) is 69.8 Å². The van der Waals surface area contributed by atoms with Crippen LogP contribution < -0.4 is 10.6 Å². The van der Waals surface area contributed by atoms with Gasteiger partial charge < -0.3 is 14.8 Å². The van der Waals surface area contributed by atoms with Gasteiger partial charge in [-0.15, -0.1) is 11.3 Å². The van der Waals surface area contributed by atoms with E-state index >= 15 is 0 Å². The minimum Gasteiger partial charge on any atom is -0.456 e. The highest BCUT2D eigenvalue weighted by atomic mass is 32.1. The number of hydrogen-bond donors (Lipinski definition) is 3. The summed E-state index contributed by atoms with van der Waals surface area (Å²) < 4.78 is 8.76. The summed E-state index contributed by atoms with van der Waals surface area (Å²) in [5.41, 5.74) is 10.3. The number of benzene rings is 4. The zero-order chi connectivity index (χ0) is 34.8. The fraction of sp³-hybridized carbons (Fsp3) is 0.239. The Labute approximate surface area is 307 Å². The van der Waals surface area contributed by atoms with E-state index in [4.69, 9.17) is 9.41 Å². The maximum atomic E-state index is 11.9. The molecule has 3 N–H and O–H groups in total. The molecular weight excluding hydrogens is 659 g/mol. The van der Waals surface area contributed by atoms with Crippen LogP contribution in [0.25, 0.3) is 42.8 Å². The molecule has 52 heavy (non-hydrogen) atoms. The van der Waals surface area contributed by atoms with Crippen LogP contribution in [0.1, 0.15) is 83.3 Å². The average molecular weight is 700 g/mol. The van der Waals surface area contributed by atoms with Gasteiger partial charge in [-0.3, -0.25) is 5.32 Å². The molecule has 0 saturated heterocycles. The van der Waals surface area contributed by atoms with Crippen LogP contribution in [0.3, 0.4) is 0 Å². The van der Waals surface area contributed by atoms with Gasteiger partial charge in [-0.25, -0.2) is 4.99 Å². The molecular formula is C46H41N3O2S. The van der Waals surface area contributed by atoms with Gasteiger partial charge in [0, 0.05) is 48.2 Å². The van der Waals surface area contributed by atoms with Crippen molar-refractivity contribution >= 4 is 60.0 Å². The van der Waals surface area contributed by atoms with Crippen molar-refractivity contribution in [2.24, 2.45) is 4.99 Å². The molecule has 258 valence electrons. The van der Waals surface area contributed by atoms with Crippen molar-refractivity contribution in [3.8, 4) is 0 Å². The first-order chi connectivity index (χ1) is 25.6. The Morgan fingerprint density at radius 3 is 2.50 bits per heavy atom. The van der Waals surface area contributed by atoms with Gasteiger partial charge in [0.25, 0.3) is 0 Å². The predicted molar refractivity (Wildman–Crippen MR) is 216 cm³/mol. The normalized spacial score (nSPS) is 23.0. The number of nitrogens with zero attached hydrogens (tertiary/aromatic N) is 1. The van der Waals surface area contributed by atoms with Gasteiger partial charge in [0.05, 0.1) is 6.10 Å². The quantitative estimate of drug-likeness (QED) is 0.157. The van der Waals surface area contributed by atoms with Crippen molar-refractivity contribution in [3.05, 3.63) is 154 Å². The maximum Gasteiger partial charge on any atom is 0.135 e. The molecule has 0 radical (unpaired) electrons. The Morgan fingerprint density at radius 2 is 1.65 bits per heavy atom. The Balaban J connectivity index is 1.09. The fourth-order valence-corrected chi connectivity index (χ4v) is 10.2. The molecule has 0 fully saturated rings. The lowest BCUT2D eigenvalue weighted by Gasteiger charge is -2.34. The predicted octanol–water partition coefficient (Wildman–Crippen LogP) is 10.6. The monoisotopic (exact) mass is 699 g/mol. The van der Waals surface area contributed by atoms with Crippen LogP contribution in [-0.4, -0.2) is 23.2 Å². The summed E-state index contributed by atoms with van der Waals surface area (Å²) in [4.78, 5) is 5.44. The zero-order valence-electron chi connectivity index (χ0n) is 29.2. The van der Waals surface area contributed by atoms with Crippen molar-refractivity contribution in [2.45, 2.75) is 69.8 Å². The third kappa shape index (κ3) is 5.23. The summed E-state index contributed by atoms with van der Waals surface area (Å²) in [6.07, 6.45) is 18.8. The molecule has 10 rings (SSSR count). The molecule has 4 atom stereocenters. The number of hydrogen-bond acceptors (Lipinski definition) is 6. The van der Waals surface area contributed by atoms with Crippen molar-refractivity contribution in [2.75, 3.05) is 0 Å². The first-order valence-corrected chi connectivity index (χ1v) is 19.5. The number of rotatable bonds is 5. The van der Waals surface area contributed by atoms with Crippen LogP contribution in [0.5, 0.6) is 0 Å². The van der Waals surface area contributed by atoms with Gasteiger partial charge in [-0.2, -0.15) is 0 Å². The van der Waals surface area contributed by atoms with Gasteiger partial charge in [-0.05, 0) is 91.5 Å². The Hall–Kier alpha value is -5.01. The lowest BCUT2D eigenvalue weighted by molar-refractivity contribution is 0.215. The molecule has 5 nitrogen and oxygen atoms in total. The van der Waals surface area contributed by atoms with E-state index in [1.54, 1.807) is 11.3 Å². The second kappa shape index (κ2) is 12.9. The molecule has 4 unspecified atom stereocenters. The molecule has 4 aliphatic rings. The molecule has 0 saturated carbocycles. The number of allylic oxidation sites excluding steroid dienone is 4. The number of nitrogens with one attached hydrogen (secondary N) is 2.